The van der Waals surface area contributed by atoms with Crippen LogP contribution in [0, 0.1) is 0 Å². The van der Waals surface area contributed by atoms with Crippen LogP contribution >= 0.6 is 0 Å². The van der Waals surface area contributed by atoms with Crippen LogP contribution in [0.2, 0.25) is 0 Å². The predicted octanol–water partition coefficient (Wildman–Crippen LogP) is 3.80. The highest BCUT2D eigenvalue weighted by Crippen LogP contribution is 2.26. The first-order valence-electron chi connectivity index (χ1n) is 5.56. The molecule has 0 radical (unpaired) electrons. The van der Waals surface area contributed by atoms with Crippen molar-refractivity contribution in [3.05, 3.63) is 60.4 Å². The van der Waals surface area contributed by atoms with E-state index in [9.17, 15) is 4.79 Å². The topological polar surface area (TPSA) is 50.4 Å². The van der Waals surface area contributed by atoms with Gasteiger partial charge >= 0.3 is 5.97 Å². The molecule has 3 heteroatoms. The van der Waals surface area contributed by atoms with E-state index in [4.69, 9.17) is 9.52 Å². The first-order chi connectivity index (χ1) is 8.74. The second-order valence-electron chi connectivity index (χ2n) is 4.03. The molecule has 3 nitrogen and oxygen atoms in total. The van der Waals surface area contributed by atoms with Crippen LogP contribution in [0.1, 0.15) is 10.6 Å². The van der Waals surface area contributed by atoms with E-state index >= 15 is 0 Å². The molecule has 0 aliphatic heterocycles. The fraction of sp³-hybridized carbons (Fsp3) is 0. The number of furan rings is 1. The van der Waals surface area contributed by atoms with Gasteiger partial charge in [0.1, 0.15) is 5.76 Å². The lowest BCUT2D eigenvalue weighted by Gasteiger charge is -2.00. The van der Waals surface area contributed by atoms with E-state index in [0.29, 0.717) is 5.76 Å². The normalized spacial score (nSPS) is 10.7. The molecule has 0 amide bonds. The Morgan fingerprint density at radius 2 is 1.72 bits per heavy atom. The summed E-state index contributed by atoms with van der Waals surface area (Å²) >= 11 is 0. The lowest BCUT2D eigenvalue weighted by atomic mass is 10.1. The summed E-state index contributed by atoms with van der Waals surface area (Å²) in [4.78, 5) is 10.8. The number of hydrogen-bond acceptors (Lipinski definition) is 2. The molecule has 1 heterocycles. The van der Waals surface area contributed by atoms with Crippen molar-refractivity contribution < 1.29 is 14.3 Å². The van der Waals surface area contributed by atoms with E-state index in [-0.39, 0.29) is 5.76 Å². The zero-order chi connectivity index (χ0) is 12.5. The SMILES string of the molecule is O=C(O)c1ccc(-c2ccc3ccccc3c2)o1. The van der Waals surface area contributed by atoms with Crippen LogP contribution in [0.4, 0.5) is 0 Å². The summed E-state index contributed by atoms with van der Waals surface area (Å²) in [5.74, 6) is -0.529. The van der Waals surface area contributed by atoms with Gasteiger partial charge in [-0.2, -0.15) is 0 Å². The minimum atomic E-state index is -1.05. The summed E-state index contributed by atoms with van der Waals surface area (Å²) < 4.78 is 5.28. The molecule has 0 saturated heterocycles. The van der Waals surface area contributed by atoms with E-state index in [1.807, 2.05) is 42.5 Å². The van der Waals surface area contributed by atoms with Crippen molar-refractivity contribution in [3.63, 3.8) is 0 Å². The Labute approximate surface area is 103 Å². The second-order valence-corrected chi connectivity index (χ2v) is 4.03. The van der Waals surface area contributed by atoms with Crippen LogP contribution in [0.15, 0.2) is 59.0 Å². The maximum Gasteiger partial charge on any atom is 0.371 e. The van der Waals surface area contributed by atoms with E-state index in [1.54, 1.807) is 6.07 Å². The minimum absolute atomic E-state index is 0.0434. The first-order valence-corrected chi connectivity index (χ1v) is 5.56. The number of aromatic carboxylic acids is 1. The van der Waals surface area contributed by atoms with Crippen molar-refractivity contribution >= 4 is 16.7 Å². The van der Waals surface area contributed by atoms with Crippen molar-refractivity contribution in [1.29, 1.82) is 0 Å². The van der Waals surface area contributed by atoms with E-state index in [1.165, 1.54) is 6.07 Å². The molecule has 88 valence electrons. The molecule has 3 aromatic rings. The average molecular weight is 238 g/mol. The number of benzene rings is 2. The molecule has 0 bridgehead atoms. The van der Waals surface area contributed by atoms with Gasteiger partial charge in [-0.1, -0.05) is 36.4 Å². The van der Waals surface area contributed by atoms with E-state index in [2.05, 4.69) is 0 Å². The third kappa shape index (κ3) is 1.76. The van der Waals surface area contributed by atoms with E-state index < -0.39 is 5.97 Å². The largest absolute Gasteiger partial charge is 0.475 e. The molecule has 0 aliphatic carbocycles. The predicted molar refractivity (Wildman–Crippen MR) is 68.6 cm³/mol. The standard InChI is InChI=1S/C15H10O3/c16-15(17)14-8-7-13(18-14)12-6-5-10-3-1-2-4-11(10)9-12/h1-9H,(H,16,17). The Hall–Kier alpha value is -2.55. The summed E-state index contributed by atoms with van der Waals surface area (Å²) in [6, 6.07) is 17.0. The first kappa shape index (κ1) is 10.6. The Morgan fingerprint density at radius 3 is 2.44 bits per heavy atom. The Morgan fingerprint density at radius 1 is 0.944 bits per heavy atom. The number of rotatable bonds is 2. The molecule has 0 aliphatic rings. The monoisotopic (exact) mass is 238 g/mol. The molecule has 0 spiro atoms. The van der Waals surface area contributed by atoms with Crippen LogP contribution < -0.4 is 0 Å². The maximum atomic E-state index is 10.8. The number of carboxylic acid groups (broad SMARTS) is 1. The number of carbonyl (C=O) groups is 1. The minimum Gasteiger partial charge on any atom is -0.475 e. The molecular weight excluding hydrogens is 228 g/mol. The molecular formula is C15H10O3. The Balaban J connectivity index is 2.10. The fourth-order valence-electron chi connectivity index (χ4n) is 1.95. The lowest BCUT2D eigenvalue weighted by molar-refractivity contribution is 0.0663. The van der Waals surface area contributed by atoms with Crippen molar-refractivity contribution in [2.45, 2.75) is 0 Å². The van der Waals surface area contributed by atoms with Crippen molar-refractivity contribution in [2.24, 2.45) is 0 Å². The van der Waals surface area contributed by atoms with Crippen molar-refractivity contribution in [1.82, 2.24) is 0 Å². The van der Waals surface area contributed by atoms with Crippen LogP contribution in [-0.4, -0.2) is 11.1 Å². The summed E-state index contributed by atoms with van der Waals surface area (Å²) in [5.41, 5.74) is 0.876. The van der Waals surface area contributed by atoms with E-state index in [0.717, 1.165) is 16.3 Å². The number of fused-ring (bicyclic) bond motifs is 1. The third-order valence-corrected chi connectivity index (χ3v) is 2.85. The van der Waals surface area contributed by atoms with Crippen LogP contribution in [-0.2, 0) is 0 Å². The highest BCUT2D eigenvalue weighted by molar-refractivity contribution is 5.88. The van der Waals surface area contributed by atoms with Crippen LogP contribution in [0.3, 0.4) is 0 Å². The molecule has 0 unspecified atom stereocenters. The van der Waals surface area contributed by atoms with Gasteiger partial charge in [-0.15, -0.1) is 0 Å². The second kappa shape index (κ2) is 4.04. The highest BCUT2D eigenvalue weighted by Gasteiger charge is 2.10. The number of hydrogen-bond donors (Lipinski definition) is 1. The van der Waals surface area contributed by atoms with Gasteiger partial charge in [-0.05, 0) is 29.0 Å². The summed E-state index contributed by atoms with van der Waals surface area (Å²) in [5, 5.41) is 11.1. The van der Waals surface area contributed by atoms with Gasteiger partial charge in [-0.25, -0.2) is 4.79 Å². The van der Waals surface area contributed by atoms with Gasteiger partial charge in [0.25, 0.3) is 0 Å². The van der Waals surface area contributed by atoms with Crippen molar-refractivity contribution in [3.8, 4) is 11.3 Å². The highest BCUT2D eigenvalue weighted by atomic mass is 16.4. The summed E-state index contributed by atoms with van der Waals surface area (Å²) in [6.45, 7) is 0. The Kier molecular flexibility index (Phi) is 2.38. The molecule has 2 aromatic carbocycles. The molecule has 0 saturated carbocycles. The van der Waals surface area contributed by atoms with Crippen LogP contribution in [0.25, 0.3) is 22.1 Å². The molecule has 18 heavy (non-hydrogen) atoms. The van der Waals surface area contributed by atoms with Crippen molar-refractivity contribution in [2.75, 3.05) is 0 Å². The zero-order valence-corrected chi connectivity index (χ0v) is 9.46. The molecule has 0 atom stereocenters. The molecule has 3 rings (SSSR count). The third-order valence-electron chi connectivity index (χ3n) is 2.85. The quantitative estimate of drug-likeness (QED) is 0.738. The average Bonchev–Trinajstić information content (AvgIpc) is 2.88. The summed E-state index contributed by atoms with van der Waals surface area (Å²) in [6.07, 6.45) is 0. The maximum absolute atomic E-state index is 10.8. The Bertz CT molecular complexity index is 725. The zero-order valence-electron chi connectivity index (χ0n) is 9.46. The van der Waals surface area contributed by atoms with Gasteiger partial charge in [0.2, 0.25) is 5.76 Å². The van der Waals surface area contributed by atoms with Gasteiger partial charge in [0.05, 0.1) is 0 Å². The molecule has 1 aromatic heterocycles. The smallest absolute Gasteiger partial charge is 0.371 e. The number of carboxylic acids is 1. The molecule has 0 fully saturated rings. The van der Waals surface area contributed by atoms with Crippen LogP contribution in [0.5, 0.6) is 0 Å². The fourth-order valence-corrected chi connectivity index (χ4v) is 1.95. The van der Waals surface area contributed by atoms with Gasteiger partial charge in [0.15, 0.2) is 0 Å². The lowest BCUT2D eigenvalue weighted by Crippen LogP contribution is -1.91. The van der Waals surface area contributed by atoms with Gasteiger partial charge in [-0.3, -0.25) is 0 Å². The van der Waals surface area contributed by atoms with Gasteiger partial charge < -0.3 is 9.52 Å². The van der Waals surface area contributed by atoms with Gasteiger partial charge in [0, 0.05) is 5.56 Å². The summed E-state index contributed by atoms with van der Waals surface area (Å²) in [7, 11) is 0. The molecule has 1 N–H and O–H groups in total.